The summed E-state index contributed by atoms with van der Waals surface area (Å²) in [5.74, 6) is 0.698. The van der Waals surface area contributed by atoms with Gasteiger partial charge in [-0.3, -0.25) is 0 Å². The summed E-state index contributed by atoms with van der Waals surface area (Å²) in [6.45, 7) is 6.23. The number of sulfonamides is 1. The van der Waals surface area contributed by atoms with Gasteiger partial charge in [-0.1, -0.05) is 0 Å². The third-order valence-corrected chi connectivity index (χ3v) is 4.05. The van der Waals surface area contributed by atoms with Crippen LogP contribution >= 0.6 is 0 Å². The molecule has 6 heteroatoms. The van der Waals surface area contributed by atoms with Crippen molar-refractivity contribution < 1.29 is 13.2 Å². The van der Waals surface area contributed by atoms with Crippen LogP contribution < -0.4 is 15.2 Å². The minimum absolute atomic E-state index is 0.226. The average molecular weight is 272 g/mol. The van der Waals surface area contributed by atoms with Crippen LogP contribution in [-0.4, -0.2) is 27.6 Å². The molecule has 0 spiro atoms. The fourth-order valence-corrected chi connectivity index (χ4v) is 2.83. The summed E-state index contributed by atoms with van der Waals surface area (Å²) in [6, 6.07) is 4.50. The lowest BCUT2D eigenvalue weighted by Crippen LogP contribution is -2.37. The maximum Gasteiger partial charge on any atom is 0.240 e. The van der Waals surface area contributed by atoms with Gasteiger partial charge < -0.3 is 10.5 Å². The summed E-state index contributed by atoms with van der Waals surface area (Å²) < 4.78 is 31.9. The lowest BCUT2D eigenvalue weighted by atomic mass is 10.2. The molecular weight excluding hydrogens is 252 g/mol. The van der Waals surface area contributed by atoms with E-state index in [-0.39, 0.29) is 17.5 Å². The Kier molecular flexibility index (Phi) is 5.13. The molecule has 0 saturated heterocycles. The summed E-state index contributed by atoms with van der Waals surface area (Å²) >= 11 is 0. The Bertz CT molecular complexity index is 500. The number of benzene rings is 1. The van der Waals surface area contributed by atoms with Crippen LogP contribution in [0.5, 0.6) is 5.75 Å². The Morgan fingerprint density at radius 2 is 2.11 bits per heavy atom. The molecule has 0 radical (unpaired) electrons. The van der Waals surface area contributed by atoms with Gasteiger partial charge in [0, 0.05) is 12.6 Å². The van der Waals surface area contributed by atoms with Gasteiger partial charge in [-0.05, 0) is 44.5 Å². The lowest BCUT2D eigenvalue weighted by molar-refractivity contribution is 0.337. The zero-order valence-corrected chi connectivity index (χ0v) is 11.8. The van der Waals surface area contributed by atoms with Crippen LogP contribution in [0, 0.1) is 6.92 Å². The monoisotopic (exact) mass is 272 g/mol. The fraction of sp³-hybridized carbons (Fsp3) is 0.500. The van der Waals surface area contributed by atoms with Crippen LogP contribution in [0.4, 0.5) is 0 Å². The van der Waals surface area contributed by atoms with E-state index in [4.69, 9.17) is 10.5 Å². The van der Waals surface area contributed by atoms with E-state index in [0.29, 0.717) is 12.4 Å². The van der Waals surface area contributed by atoms with E-state index in [1.807, 2.05) is 13.8 Å². The van der Waals surface area contributed by atoms with Crippen molar-refractivity contribution in [2.75, 3.05) is 13.2 Å². The highest BCUT2D eigenvalue weighted by atomic mass is 32.2. The smallest absolute Gasteiger partial charge is 0.240 e. The molecule has 1 rings (SSSR count). The van der Waals surface area contributed by atoms with Crippen LogP contribution in [0.1, 0.15) is 19.4 Å². The van der Waals surface area contributed by atoms with E-state index in [2.05, 4.69) is 4.72 Å². The summed E-state index contributed by atoms with van der Waals surface area (Å²) in [5, 5.41) is 0. The minimum Gasteiger partial charge on any atom is -0.494 e. The van der Waals surface area contributed by atoms with Crippen LogP contribution in [-0.2, 0) is 10.0 Å². The predicted octanol–water partition coefficient (Wildman–Crippen LogP) is 1.02. The van der Waals surface area contributed by atoms with Crippen LogP contribution in [0.2, 0.25) is 0 Å². The number of nitrogens with two attached hydrogens (primary N) is 1. The highest BCUT2D eigenvalue weighted by Gasteiger charge is 2.17. The molecule has 0 aliphatic rings. The van der Waals surface area contributed by atoms with E-state index in [9.17, 15) is 8.42 Å². The topological polar surface area (TPSA) is 81.4 Å². The molecule has 0 aliphatic heterocycles. The first kappa shape index (κ1) is 14.9. The molecule has 0 aliphatic carbocycles. The van der Waals surface area contributed by atoms with Crippen molar-refractivity contribution in [1.82, 2.24) is 4.72 Å². The first-order chi connectivity index (χ1) is 8.40. The molecule has 1 aromatic rings. The van der Waals surface area contributed by atoms with E-state index in [1.165, 1.54) is 6.07 Å². The van der Waals surface area contributed by atoms with Crippen molar-refractivity contribution in [2.24, 2.45) is 5.73 Å². The molecule has 3 N–H and O–H groups in total. The highest BCUT2D eigenvalue weighted by Crippen LogP contribution is 2.21. The zero-order chi connectivity index (χ0) is 13.8. The SMILES string of the molecule is CCOc1ccc(S(=O)(=O)NC(C)CN)cc1C. The molecule has 0 saturated carbocycles. The Morgan fingerprint density at radius 3 is 2.61 bits per heavy atom. The summed E-state index contributed by atoms with van der Waals surface area (Å²) in [5.41, 5.74) is 6.20. The first-order valence-electron chi connectivity index (χ1n) is 5.86. The molecule has 1 atom stereocenters. The zero-order valence-electron chi connectivity index (χ0n) is 10.9. The standard InChI is InChI=1S/C12H20N2O3S/c1-4-17-12-6-5-11(7-9(12)2)18(15,16)14-10(3)8-13/h5-7,10,14H,4,8,13H2,1-3H3. The second-order valence-electron chi connectivity index (χ2n) is 4.12. The molecule has 0 amide bonds. The van der Waals surface area contributed by atoms with Crippen molar-refractivity contribution in [1.29, 1.82) is 0 Å². The average Bonchev–Trinajstić information content (AvgIpc) is 2.31. The molecule has 0 heterocycles. The highest BCUT2D eigenvalue weighted by molar-refractivity contribution is 7.89. The van der Waals surface area contributed by atoms with Crippen molar-refractivity contribution in [2.45, 2.75) is 31.7 Å². The van der Waals surface area contributed by atoms with Gasteiger partial charge in [0.25, 0.3) is 0 Å². The van der Waals surface area contributed by atoms with Crippen molar-refractivity contribution in [3.8, 4) is 5.75 Å². The van der Waals surface area contributed by atoms with Gasteiger partial charge in [-0.2, -0.15) is 0 Å². The Balaban J connectivity index is 3.00. The van der Waals surface area contributed by atoms with Gasteiger partial charge in [0.2, 0.25) is 10.0 Å². The molecule has 1 unspecified atom stereocenters. The van der Waals surface area contributed by atoms with Crippen LogP contribution in [0.25, 0.3) is 0 Å². The summed E-state index contributed by atoms with van der Waals surface area (Å²) in [6.07, 6.45) is 0. The maximum atomic E-state index is 12.0. The first-order valence-corrected chi connectivity index (χ1v) is 7.35. The largest absolute Gasteiger partial charge is 0.494 e. The van der Waals surface area contributed by atoms with Crippen LogP contribution in [0.15, 0.2) is 23.1 Å². The van der Waals surface area contributed by atoms with Crippen molar-refractivity contribution in [3.63, 3.8) is 0 Å². The van der Waals surface area contributed by atoms with Gasteiger partial charge in [-0.15, -0.1) is 0 Å². The minimum atomic E-state index is -3.51. The van der Waals surface area contributed by atoms with Crippen molar-refractivity contribution >= 4 is 10.0 Å². The molecule has 0 fully saturated rings. The Morgan fingerprint density at radius 1 is 1.44 bits per heavy atom. The normalized spacial score (nSPS) is 13.3. The second-order valence-corrected chi connectivity index (χ2v) is 5.83. The van der Waals surface area contributed by atoms with E-state index in [1.54, 1.807) is 19.1 Å². The number of nitrogens with one attached hydrogen (secondary N) is 1. The molecule has 0 bridgehead atoms. The summed E-state index contributed by atoms with van der Waals surface area (Å²) in [7, 11) is -3.51. The third kappa shape index (κ3) is 3.69. The molecule has 1 aromatic carbocycles. The quantitative estimate of drug-likeness (QED) is 0.810. The fourth-order valence-electron chi connectivity index (χ4n) is 1.49. The number of hydrogen-bond donors (Lipinski definition) is 2. The lowest BCUT2D eigenvalue weighted by Gasteiger charge is -2.13. The van der Waals surface area contributed by atoms with E-state index < -0.39 is 10.0 Å². The van der Waals surface area contributed by atoms with E-state index in [0.717, 1.165) is 5.56 Å². The van der Waals surface area contributed by atoms with Crippen molar-refractivity contribution in [3.05, 3.63) is 23.8 Å². The van der Waals surface area contributed by atoms with Gasteiger partial charge in [0.05, 0.1) is 11.5 Å². The number of aryl methyl sites for hydroxylation is 1. The van der Waals surface area contributed by atoms with Gasteiger partial charge in [-0.25, -0.2) is 13.1 Å². The second kappa shape index (κ2) is 6.17. The predicted molar refractivity (Wildman–Crippen MR) is 71.2 cm³/mol. The molecular formula is C12H20N2O3S. The Hall–Kier alpha value is -1.11. The summed E-state index contributed by atoms with van der Waals surface area (Å²) in [4.78, 5) is 0.226. The molecule has 5 nitrogen and oxygen atoms in total. The Labute approximate surface area is 108 Å². The van der Waals surface area contributed by atoms with Gasteiger partial charge in [0.15, 0.2) is 0 Å². The molecule has 102 valence electrons. The maximum absolute atomic E-state index is 12.0. The molecule has 0 aromatic heterocycles. The molecule has 18 heavy (non-hydrogen) atoms. The number of hydrogen-bond acceptors (Lipinski definition) is 4. The third-order valence-electron chi connectivity index (χ3n) is 2.47. The van der Waals surface area contributed by atoms with E-state index >= 15 is 0 Å². The number of rotatable bonds is 6. The van der Waals surface area contributed by atoms with Crippen LogP contribution in [0.3, 0.4) is 0 Å². The number of ether oxygens (including phenoxy) is 1. The van der Waals surface area contributed by atoms with Gasteiger partial charge >= 0.3 is 0 Å². The van der Waals surface area contributed by atoms with Gasteiger partial charge in [0.1, 0.15) is 5.75 Å².